The summed E-state index contributed by atoms with van der Waals surface area (Å²) in [5.41, 5.74) is 14.9. The summed E-state index contributed by atoms with van der Waals surface area (Å²) in [4.78, 5) is 17.1. The van der Waals surface area contributed by atoms with Crippen LogP contribution in [0, 0.1) is 5.82 Å². The van der Waals surface area contributed by atoms with Crippen molar-refractivity contribution in [2.75, 3.05) is 25.5 Å². The first kappa shape index (κ1) is 23.2. The van der Waals surface area contributed by atoms with Crippen LogP contribution in [0.3, 0.4) is 0 Å². The predicted molar refractivity (Wildman–Crippen MR) is 128 cm³/mol. The third kappa shape index (κ3) is 5.33. The van der Waals surface area contributed by atoms with E-state index in [1.807, 2.05) is 12.1 Å². The van der Waals surface area contributed by atoms with Gasteiger partial charge >= 0.3 is 0 Å². The fourth-order valence-electron chi connectivity index (χ4n) is 4.08. The molecule has 0 unspecified atom stereocenters. The van der Waals surface area contributed by atoms with Crippen molar-refractivity contribution in [2.45, 2.75) is 24.8 Å². The molecule has 3 aromatic rings. The quantitative estimate of drug-likeness (QED) is 0.496. The molecule has 1 fully saturated rings. The molecule has 33 heavy (non-hydrogen) atoms. The number of hydrogen-bond donors (Lipinski definition) is 3. The highest BCUT2D eigenvalue weighted by Gasteiger charge is 2.20. The summed E-state index contributed by atoms with van der Waals surface area (Å²) in [7, 11) is 0. The number of ether oxygens (including phenoxy) is 1. The van der Waals surface area contributed by atoms with E-state index < -0.39 is 17.8 Å². The van der Waals surface area contributed by atoms with Crippen LogP contribution in [-0.2, 0) is 4.74 Å². The highest BCUT2D eigenvalue weighted by atomic mass is 35.5. The lowest BCUT2D eigenvalue weighted by molar-refractivity contribution is 0.0853. The first-order chi connectivity index (χ1) is 16.0. The summed E-state index contributed by atoms with van der Waals surface area (Å²) >= 11 is 6.04. The van der Waals surface area contributed by atoms with Crippen LogP contribution in [-0.4, -0.2) is 30.6 Å². The van der Waals surface area contributed by atoms with Crippen molar-refractivity contribution in [1.29, 1.82) is 0 Å². The lowest BCUT2D eigenvalue weighted by Gasteiger charge is -2.23. The summed E-state index contributed by atoms with van der Waals surface area (Å²) in [5.74, 6) is -0.564. The fraction of sp³-hybridized carbons (Fsp3) is 0.280. The molecular weight excluding hydrogens is 443 g/mol. The van der Waals surface area contributed by atoms with Crippen LogP contribution in [0.2, 0.25) is 5.02 Å². The number of nitrogens with two attached hydrogens (primary N) is 2. The predicted octanol–water partition coefficient (Wildman–Crippen LogP) is 4.45. The fourth-order valence-corrected chi connectivity index (χ4v) is 4.28. The summed E-state index contributed by atoms with van der Waals surface area (Å²) in [6, 6.07) is 12.9. The van der Waals surface area contributed by atoms with E-state index in [-0.39, 0.29) is 12.1 Å². The number of amides is 1. The smallest absolute Gasteiger partial charge is 0.254 e. The topological polar surface area (TPSA) is 103 Å². The van der Waals surface area contributed by atoms with Crippen LogP contribution < -0.4 is 16.8 Å². The maximum Gasteiger partial charge on any atom is 0.254 e. The second-order valence-corrected chi connectivity index (χ2v) is 8.54. The Labute approximate surface area is 197 Å². The van der Waals surface area contributed by atoms with Gasteiger partial charge in [-0.2, -0.15) is 0 Å². The van der Waals surface area contributed by atoms with Gasteiger partial charge in [0.2, 0.25) is 0 Å². The van der Waals surface area contributed by atoms with E-state index in [2.05, 4.69) is 10.3 Å². The van der Waals surface area contributed by atoms with Crippen molar-refractivity contribution < 1.29 is 13.9 Å². The molecule has 1 aliphatic rings. The number of hydrogen-bond acceptors (Lipinski definition) is 5. The number of aromatic nitrogens is 1. The number of halogens is 2. The molecule has 1 aromatic heterocycles. The molecule has 172 valence electrons. The van der Waals surface area contributed by atoms with Gasteiger partial charge in [0.25, 0.3) is 5.91 Å². The minimum absolute atomic E-state index is 0.0775. The lowest BCUT2D eigenvalue weighted by atomic mass is 9.91. The van der Waals surface area contributed by atoms with Crippen LogP contribution in [0.5, 0.6) is 0 Å². The molecule has 0 spiro atoms. The van der Waals surface area contributed by atoms with Gasteiger partial charge < -0.3 is 21.5 Å². The van der Waals surface area contributed by atoms with Crippen molar-refractivity contribution in [3.8, 4) is 11.1 Å². The number of nitrogens with zero attached hydrogens (tertiary/aromatic N) is 1. The Kier molecular flexibility index (Phi) is 7.23. The first-order valence-electron chi connectivity index (χ1n) is 10.9. The Morgan fingerprint density at radius 1 is 1.21 bits per heavy atom. The molecule has 1 aliphatic heterocycles. The number of carbonyl (C=O) groups is 1. The number of nitrogen functional groups attached to an aromatic ring is 1. The average Bonchev–Trinajstić information content (AvgIpc) is 2.83. The van der Waals surface area contributed by atoms with Gasteiger partial charge in [-0.25, -0.2) is 9.37 Å². The zero-order valence-corrected chi connectivity index (χ0v) is 18.8. The first-order valence-corrected chi connectivity index (χ1v) is 11.2. The minimum Gasteiger partial charge on any atom is -0.383 e. The van der Waals surface area contributed by atoms with Gasteiger partial charge in [-0.1, -0.05) is 29.8 Å². The third-order valence-corrected chi connectivity index (χ3v) is 6.18. The highest BCUT2D eigenvalue weighted by molar-refractivity contribution is 6.30. The van der Waals surface area contributed by atoms with E-state index >= 15 is 4.39 Å². The van der Waals surface area contributed by atoms with E-state index in [0.29, 0.717) is 41.1 Å². The van der Waals surface area contributed by atoms with Gasteiger partial charge in [0.05, 0.1) is 11.6 Å². The van der Waals surface area contributed by atoms with Crippen LogP contribution in [0.25, 0.3) is 11.1 Å². The summed E-state index contributed by atoms with van der Waals surface area (Å²) in [6.45, 7) is 1.57. The minimum atomic E-state index is -0.650. The van der Waals surface area contributed by atoms with E-state index in [1.54, 1.807) is 30.5 Å². The largest absolute Gasteiger partial charge is 0.383 e. The molecule has 1 amide bonds. The van der Waals surface area contributed by atoms with Gasteiger partial charge in [-0.3, -0.25) is 4.79 Å². The molecule has 8 heteroatoms. The maximum absolute atomic E-state index is 15.0. The lowest BCUT2D eigenvalue weighted by Crippen LogP contribution is -2.33. The molecule has 0 aliphatic carbocycles. The monoisotopic (exact) mass is 468 g/mol. The normalized spacial score (nSPS) is 15.2. The van der Waals surface area contributed by atoms with Gasteiger partial charge in [-0.05, 0) is 65.8 Å². The van der Waals surface area contributed by atoms with Gasteiger partial charge in [0.15, 0.2) is 0 Å². The summed E-state index contributed by atoms with van der Waals surface area (Å²) in [5, 5.41) is 3.31. The van der Waals surface area contributed by atoms with E-state index in [9.17, 15) is 4.79 Å². The van der Waals surface area contributed by atoms with Crippen molar-refractivity contribution in [3.63, 3.8) is 0 Å². The Bertz CT molecular complexity index is 1150. The van der Waals surface area contributed by atoms with Gasteiger partial charge in [0, 0.05) is 36.5 Å². The molecule has 4 rings (SSSR count). The van der Waals surface area contributed by atoms with Crippen LogP contribution in [0.15, 0.2) is 54.7 Å². The molecular formula is C25H26ClFN4O2. The van der Waals surface area contributed by atoms with E-state index in [1.165, 1.54) is 12.1 Å². The molecule has 0 saturated carbocycles. The number of carbonyl (C=O) groups excluding carboxylic acids is 1. The molecule has 6 nitrogen and oxygen atoms in total. The number of rotatable bonds is 6. The summed E-state index contributed by atoms with van der Waals surface area (Å²) in [6.07, 6.45) is 3.59. The number of nitrogens with one attached hydrogen (secondary N) is 1. The standard InChI is InChI=1S/C25H26ClFN4O2/c26-19-3-1-2-17(10-19)23(13-28)31-25(32)20-5-4-16(12-22(20)27)21-11-18(14-30-24(21)29)15-6-8-33-9-7-15/h1-5,10-12,14-15,23H,6-9,13,28H2,(H2,29,30)(H,31,32)/t23-/m1/s1. The second-order valence-electron chi connectivity index (χ2n) is 8.10. The SMILES string of the molecule is NC[C@@H](NC(=O)c1ccc(-c2cc(C3CCOCC3)cnc2N)cc1F)c1cccc(Cl)c1. The maximum atomic E-state index is 15.0. The number of benzene rings is 2. The Morgan fingerprint density at radius 3 is 2.70 bits per heavy atom. The third-order valence-electron chi connectivity index (χ3n) is 5.95. The highest BCUT2D eigenvalue weighted by Crippen LogP contribution is 2.33. The molecule has 0 radical (unpaired) electrons. The molecule has 5 N–H and O–H groups in total. The molecule has 1 atom stereocenters. The molecule has 2 heterocycles. The van der Waals surface area contributed by atoms with Crippen LogP contribution in [0.4, 0.5) is 10.2 Å². The van der Waals surface area contributed by atoms with Crippen LogP contribution in [0.1, 0.15) is 46.3 Å². The molecule has 1 saturated heterocycles. The Morgan fingerprint density at radius 2 is 2.00 bits per heavy atom. The van der Waals surface area contributed by atoms with Crippen molar-refractivity contribution in [1.82, 2.24) is 10.3 Å². The molecule has 2 aromatic carbocycles. The van der Waals surface area contributed by atoms with Gasteiger partial charge in [0.1, 0.15) is 11.6 Å². The van der Waals surface area contributed by atoms with Crippen molar-refractivity contribution in [3.05, 3.63) is 82.3 Å². The van der Waals surface area contributed by atoms with E-state index in [0.717, 1.165) is 24.0 Å². The Balaban J connectivity index is 1.56. The van der Waals surface area contributed by atoms with Gasteiger partial charge in [-0.15, -0.1) is 0 Å². The average molecular weight is 469 g/mol. The zero-order chi connectivity index (χ0) is 23.4. The van der Waals surface area contributed by atoms with Crippen molar-refractivity contribution >= 4 is 23.3 Å². The number of anilines is 1. The number of pyridine rings is 1. The molecule has 0 bridgehead atoms. The zero-order valence-electron chi connectivity index (χ0n) is 18.1. The summed E-state index contributed by atoms with van der Waals surface area (Å²) < 4.78 is 20.4. The van der Waals surface area contributed by atoms with E-state index in [4.69, 9.17) is 27.8 Å². The second kappa shape index (κ2) is 10.3. The van der Waals surface area contributed by atoms with Crippen LogP contribution >= 0.6 is 11.6 Å². The Hall–Kier alpha value is -3.00. The van der Waals surface area contributed by atoms with Crippen molar-refractivity contribution in [2.24, 2.45) is 5.73 Å².